The summed E-state index contributed by atoms with van der Waals surface area (Å²) in [6.45, 7) is 9.49. The molecule has 0 saturated carbocycles. The molecule has 1 aromatic heterocycles. The standard InChI is InChI=1S/C12H21N3OS/c1-5-15(6-2)12(16)10(4)14-9(3)11-7-13-8-17-11/h7-10,14H,5-6H2,1-4H3. The lowest BCUT2D eigenvalue weighted by Gasteiger charge is -2.25. The molecule has 0 spiro atoms. The van der Waals surface area contributed by atoms with E-state index in [-0.39, 0.29) is 18.0 Å². The molecule has 1 rings (SSSR count). The summed E-state index contributed by atoms with van der Waals surface area (Å²) in [5.41, 5.74) is 1.81. The van der Waals surface area contributed by atoms with E-state index in [1.165, 1.54) is 0 Å². The monoisotopic (exact) mass is 255 g/mol. The van der Waals surface area contributed by atoms with Crippen molar-refractivity contribution >= 4 is 17.2 Å². The molecule has 0 aliphatic heterocycles. The van der Waals surface area contributed by atoms with Crippen LogP contribution in [0.25, 0.3) is 0 Å². The van der Waals surface area contributed by atoms with Crippen LogP contribution in [-0.4, -0.2) is 34.9 Å². The predicted molar refractivity (Wildman–Crippen MR) is 71.1 cm³/mol. The van der Waals surface area contributed by atoms with E-state index in [9.17, 15) is 4.79 Å². The van der Waals surface area contributed by atoms with Gasteiger partial charge in [-0.2, -0.15) is 0 Å². The van der Waals surface area contributed by atoms with E-state index in [4.69, 9.17) is 0 Å². The zero-order chi connectivity index (χ0) is 12.8. The highest BCUT2D eigenvalue weighted by atomic mass is 32.1. The fraction of sp³-hybridized carbons (Fsp3) is 0.667. The van der Waals surface area contributed by atoms with Crippen LogP contribution in [0.1, 0.15) is 38.6 Å². The Bertz CT molecular complexity index is 336. The number of nitrogens with one attached hydrogen (secondary N) is 1. The van der Waals surface area contributed by atoms with E-state index >= 15 is 0 Å². The average molecular weight is 255 g/mol. The highest BCUT2D eigenvalue weighted by molar-refractivity contribution is 7.09. The molecule has 0 aromatic carbocycles. The molecule has 2 unspecified atom stereocenters. The summed E-state index contributed by atoms with van der Waals surface area (Å²) in [5.74, 6) is 0.159. The molecular weight excluding hydrogens is 234 g/mol. The highest BCUT2D eigenvalue weighted by Crippen LogP contribution is 2.17. The van der Waals surface area contributed by atoms with Gasteiger partial charge in [0.2, 0.25) is 5.91 Å². The van der Waals surface area contributed by atoms with Gasteiger partial charge >= 0.3 is 0 Å². The summed E-state index contributed by atoms with van der Waals surface area (Å²) in [5, 5.41) is 3.31. The Morgan fingerprint density at radius 1 is 1.47 bits per heavy atom. The van der Waals surface area contributed by atoms with Crippen molar-refractivity contribution < 1.29 is 4.79 Å². The molecule has 0 aliphatic rings. The molecule has 0 saturated heterocycles. The number of carbonyl (C=O) groups excluding carboxylic acids is 1. The maximum atomic E-state index is 12.1. The van der Waals surface area contributed by atoms with Gasteiger partial charge in [0.1, 0.15) is 0 Å². The Morgan fingerprint density at radius 2 is 2.12 bits per heavy atom. The van der Waals surface area contributed by atoms with E-state index in [2.05, 4.69) is 17.2 Å². The Kier molecular flexibility index (Phi) is 5.58. The van der Waals surface area contributed by atoms with Crippen molar-refractivity contribution in [2.75, 3.05) is 13.1 Å². The number of aromatic nitrogens is 1. The number of amides is 1. The lowest BCUT2D eigenvalue weighted by atomic mass is 10.2. The molecule has 1 heterocycles. The van der Waals surface area contributed by atoms with Crippen LogP contribution in [-0.2, 0) is 4.79 Å². The second kappa shape index (κ2) is 6.71. The van der Waals surface area contributed by atoms with Crippen LogP contribution in [0.3, 0.4) is 0 Å². The van der Waals surface area contributed by atoms with Crippen molar-refractivity contribution in [3.05, 3.63) is 16.6 Å². The van der Waals surface area contributed by atoms with Crippen molar-refractivity contribution in [1.82, 2.24) is 15.2 Å². The molecule has 17 heavy (non-hydrogen) atoms. The van der Waals surface area contributed by atoms with Crippen molar-refractivity contribution in [3.63, 3.8) is 0 Å². The fourth-order valence-corrected chi connectivity index (χ4v) is 2.41. The summed E-state index contributed by atoms with van der Waals surface area (Å²) < 4.78 is 0. The SMILES string of the molecule is CCN(CC)C(=O)C(C)NC(C)c1cncs1. The number of rotatable bonds is 6. The van der Waals surface area contributed by atoms with E-state index < -0.39 is 0 Å². The first-order chi connectivity index (χ1) is 8.10. The first kappa shape index (κ1) is 14.1. The van der Waals surface area contributed by atoms with Gasteiger partial charge in [0.25, 0.3) is 0 Å². The van der Waals surface area contributed by atoms with Gasteiger partial charge in [-0.15, -0.1) is 11.3 Å². The number of nitrogens with zero attached hydrogens (tertiary/aromatic N) is 2. The van der Waals surface area contributed by atoms with Crippen LogP contribution in [0.2, 0.25) is 0 Å². The van der Waals surface area contributed by atoms with Gasteiger partial charge in [0.15, 0.2) is 0 Å². The Balaban J connectivity index is 2.54. The molecule has 1 amide bonds. The van der Waals surface area contributed by atoms with E-state index in [0.29, 0.717) is 0 Å². The highest BCUT2D eigenvalue weighted by Gasteiger charge is 2.20. The third kappa shape index (κ3) is 3.78. The fourth-order valence-electron chi connectivity index (χ4n) is 1.78. The Morgan fingerprint density at radius 3 is 2.59 bits per heavy atom. The second-order valence-corrected chi connectivity index (χ2v) is 4.94. The predicted octanol–water partition coefficient (Wildman–Crippen LogP) is 2.05. The zero-order valence-electron chi connectivity index (χ0n) is 10.9. The Labute approximate surface area is 107 Å². The molecule has 2 atom stereocenters. The third-order valence-electron chi connectivity index (χ3n) is 2.82. The minimum Gasteiger partial charge on any atom is -0.342 e. The molecule has 0 aliphatic carbocycles. The summed E-state index contributed by atoms with van der Waals surface area (Å²) >= 11 is 1.61. The van der Waals surface area contributed by atoms with Gasteiger partial charge in [-0.25, -0.2) is 0 Å². The van der Waals surface area contributed by atoms with Crippen LogP contribution < -0.4 is 5.32 Å². The van der Waals surface area contributed by atoms with Crippen molar-refractivity contribution in [2.24, 2.45) is 0 Å². The van der Waals surface area contributed by atoms with Gasteiger partial charge < -0.3 is 4.90 Å². The van der Waals surface area contributed by atoms with Crippen molar-refractivity contribution in [2.45, 2.75) is 39.8 Å². The lowest BCUT2D eigenvalue weighted by molar-refractivity contribution is -0.132. The molecule has 5 heteroatoms. The van der Waals surface area contributed by atoms with Gasteiger partial charge in [-0.3, -0.25) is 15.1 Å². The molecule has 96 valence electrons. The minimum atomic E-state index is -0.160. The molecule has 0 bridgehead atoms. The zero-order valence-corrected chi connectivity index (χ0v) is 11.8. The number of hydrogen-bond donors (Lipinski definition) is 1. The minimum absolute atomic E-state index is 0.159. The van der Waals surface area contributed by atoms with Crippen LogP contribution in [0.15, 0.2) is 11.7 Å². The number of likely N-dealkylation sites (N-methyl/N-ethyl adjacent to an activating group) is 1. The molecule has 4 nitrogen and oxygen atoms in total. The number of carbonyl (C=O) groups is 1. The molecule has 0 radical (unpaired) electrons. The normalized spacial score (nSPS) is 14.4. The summed E-state index contributed by atoms with van der Waals surface area (Å²) in [6.07, 6.45) is 1.84. The molecular formula is C12H21N3OS. The van der Waals surface area contributed by atoms with Crippen molar-refractivity contribution in [1.29, 1.82) is 0 Å². The van der Waals surface area contributed by atoms with E-state index in [0.717, 1.165) is 18.0 Å². The molecule has 1 N–H and O–H groups in total. The van der Waals surface area contributed by atoms with Gasteiger partial charge in [-0.1, -0.05) is 0 Å². The Hall–Kier alpha value is -0.940. The van der Waals surface area contributed by atoms with Gasteiger partial charge in [0.05, 0.1) is 11.6 Å². The third-order valence-corrected chi connectivity index (χ3v) is 3.78. The maximum absolute atomic E-state index is 12.1. The quantitative estimate of drug-likeness (QED) is 0.846. The first-order valence-corrected chi connectivity index (χ1v) is 6.91. The van der Waals surface area contributed by atoms with Crippen molar-refractivity contribution in [3.8, 4) is 0 Å². The first-order valence-electron chi connectivity index (χ1n) is 6.03. The van der Waals surface area contributed by atoms with Gasteiger partial charge in [0, 0.05) is 30.2 Å². The summed E-state index contributed by atoms with van der Waals surface area (Å²) in [7, 11) is 0. The van der Waals surface area contributed by atoms with Crippen LogP contribution in [0.5, 0.6) is 0 Å². The molecule has 1 aromatic rings. The lowest BCUT2D eigenvalue weighted by Crippen LogP contribution is -2.45. The smallest absolute Gasteiger partial charge is 0.239 e. The van der Waals surface area contributed by atoms with Crippen LogP contribution in [0.4, 0.5) is 0 Å². The van der Waals surface area contributed by atoms with Crippen LogP contribution in [0, 0.1) is 0 Å². The molecule has 0 fully saturated rings. The summed E-state index contributed by atoms with van der Waals surface area (Å²) in [4.78, 5) is 19.1. The van der Waals surface area contributed by atoms with Crippen LogP contribution >= 0.6 is 11.3 Å². The number of hydrogen-bond acceptors (Lipinski definition) is 4. The largest absolute Gasteiger partial charge is 0.342 e. The topological polar surface area (TPSA) is 45.2 Å². The van der Waals surface area contributed by atoms with E-state index in [1.54, 1.807) is 11.3 Å². The summed E-state index contributed by atoms with van der Waals surface area (Å²) in [6, 6.07) is 0.00372. The average Bonchev–Trinajstić information content (AvgIpc) is 2.83. The van der Waals surface area contributed by atoms with Gasteiger partial charge in [-0.05, 0) is 27.7 Å². The number of thiazole rings is 1. The second-order valence-electron chi connectivity index (χ2n) is 4.02. The maximum Gasteiger partial charge on any atom is 0.239 e. The van der Waals surface area contributed by atoms with E-state index in [1.807, 2.05) is 37.4 Å².